The fraction of sp³-hybridized carbons (Fsp3) is 0.500. The molecule has 0 radical (unpaired) electrons. The summed E-state index contributed by atoms with van der Waals surface area (Å²) in [6, 6.07) is 5.82. The number of ether oxygens (including phenoxy) is 2. The number of esters is 1. The molecule has 25 heavy (non-hydrogen) atoms. The van der Waals surface area contributed by atoms with Gasteiger partial charge in [0.2, 0.25) is 10.0 Å². The topological polar surface area (TPSA) is 102 Å². The molecule has 3 rings (SSSR count). The molecule has 8 nitrogen and oxygen atoms in total. The molecule has 0 saturated carbocycles. The maximum absolute atomic E-state index is 12.7. The van der Waals surface area contributed by atoms with Gasteiger partial charge in [-0.3, -0.25) is 0 Å². The molecule has 1 atom stereocenters. The van der Waals surface area contributed by atoms with E-state index >= 15 is 0 Å². The van der Waals surface area contributed by atoms with Gasteiger partial charge >= 0.3 is 12.1 Å². The Morgan fingerprint density at radius 2 is 2.04 bits per heavy atom. The Balaban J connectivity index is 1.68. The Bertz CT molecular complexity index is 758. The van der Waals surface area contributed by atoms with Crippen LogP contribution < -0.4 is 5.32 Å². The number of alkyl carbamates (subject to hydrolysis) is 1. The summed E-state index contributed by atoms with van der Waals surface area (Å²) in [5.41, 5.74) is 0.148. The zero-order valence-electron chi connectivity index (χ0n) is 13.6. The van der Waals surface area contributed by atoms with Crippen molar-refractivity contribution in [2.24, 2.45) is 0 Å². The lowest BCUT2D eigenvalue weighted by Crippen LogP contribution is -2.35. The van der Waals surface area contributed by atoms with Gasteiger partial charge in [0.1, 0.15) is 6.61 Å². The van der Waals surface area contributed by atoms with Gasteiger partial charge in [-0.1, -0.05) is 12.5 Å². The lowest BCUT2D eigenvalue weighted by atomic mass is 10.2. The van der Waals surface area contributed by atoms with Crippen LogP contribution in [0.3, 0.4) is 0 Å². The van der Waals surface area contributed by atoms with Gasteiger partial charge in [0.15, 0.2) is 6.10 Å². The first kappa shape index (κ1) is 17.7. The number of carbonyl (C=O) groups is 2. The SMILES string of the molecule is O=C1NC[C@@H](COC(=O)c2cccc(S(=O)(=O)N3CCCCC3)c2)O1. The average Bonchev–Trinajstić information content (AvgIpc) is 3.06. The van der Waals surface area contributed by atoms with Gasteiger partial charge in [0, 0.05) is 13.1 Å². The molecular formula is C16H20N2O6S. The highest BCUT2D eigenvalue weighted by molar-refractivity contribution is 7.89. The van der Waals surface area contributed by atoms with E-state index < -0.39 is 28.2 Å². The van der Waals surface area contributed by atoms with Crippen molar-refractivity contribution < 1.29 is 27.5 Å². The minimum absolute atomic E-state index is 0.0813. The molecule has 1 aromatic rings. The first-order valence-electron chi connectivity index (χ1n) is 8.18. The van der Waals surface area contributed by atoms with Crippen LogP contribution in [0.2, 0.25) is 0 Å². The minimum Gasteiger partial charge on any atom is -0.458 e. The highest BCUT2D eigenvalue weighted by Crippen LogP contribution is 2.21. The van der Waals surface area contributed by atoms with Crippen LogP contribution in [0, 0.1) is 0 Å². The van der Waals surface area contributed by atoms with Gasteiger partial charge in [-0.05, 0) is 31.0 Å². The van der Waals surface area contributed by atoms with E-state index in [2.05, 4.69) is 5.32 Å². The first-order chi connectivity index (χ1) is 12.0. The Hall–Kier alpha value is -2.13. The van der Waals surface area contributed by atoms with Crippen molar-refractivity contribution in [1.29, 1.82) is 0 Å². The number of cyclic esters (lactones) is 1. The summed E-state index contributed by atoms with van der Waals surface area (Å²) >= 11 is 0. The minimum atomic E-state index is -3.61. The third kappa shape index (κ3) is 4.10. The summed E-state index contributed by atoms with van der Waals surface area (Å²) in [5.74, 6) is -0.654. The quantitative estimate of drug-likeness (QED) is 0.782. The highest BCUT2D eigenvalue weighted by Gasteiger charge is 2.27. The largest absolute Gasteiger partial charge is 0.458 e. The molecule has 2 aliphatic rings. The molecule has 2 aliphatic heterocycles. The van der Waals surface area contributed by atoms with Crippen molar-refractivity contribution in [2.75, 3.05) is 26.2 Å². The van der Waals surface area contributed by atoms with Crippen LogP contribution in [0.25, 0.3) is 0 Å². The summed E-state index contributed by atoms with van der Waals surface area (Å²) in [6.07, 6.45) is 1.64. The number of hydrogen-bond donors (Lipinski definition) is 1. The Labute approximate surface area is 146 Å². The number of nitrogens with one attached hydrogen (secondary N) is 1. The van der Waals surface area contributed by atoms with Gasteiger partial charge in [0.25, 0.3) is 0 Å². The van der Waals surface area contributed by atoms with E-state index in [4.69, 9.17) is 9.47 Å². The van der Waals surface area contributed by atoms with E-state index in [1.165, 1.54) is 28.6 Å². The van der Waals surface area contributed by atoms with Gasteiger partial charge in [-0.25, -0.2) is 18.0 Å². The Morgan fingerprint density at radius 1 is 1.28 bits per heavy atom. The van der Waals surface area contributed by atoms with Gasteiger partial charge in [0.05, 0.1) is 17.0 Å². The van der Waals surface area contributed by atoms with Crippen molar-refractivity contribution in [3.63, 3.8) is 0 Å². The van der Waals surface area contributed by atoms with Crippen molar-refractivity contribution in [3.8, 4) is 0 Å². The predicted molar refractivity (Wildman–Crippen MR) is 87.6 cm³/mol. The van der Waals surface area contributed by atoms with E-state index in [-0.39, 0.29) is 23.6 Å². The fourth-order valence-corrected chi connectivity index (χ4v) is 4.38. The molecule has 9 heteroatoms. The van der Waals surface area contributed by atoms with Gasteiger partial charge < -0.3 is 14.8 Å². The molecule has 0 aromatic heterocycles. The van der Waals surface area contributed by atoms with E-state index in [1.54, 1.807) is 0 Å². The van der Waals surface area contributed by atoms with Crippen LogP contribution in [0.4, 0.5) is 4.79 Å². The zero-order chi connectivity index (χ0) is 17.9. The van der Waals surface area contributed by atoms with E-state index in [9.17, 15) is 18.0 Å². The van der Waals surface area contributed by atoms with Crippen LogP contribution in [0.5, 0.6) is 0 Å². The third-order valence-corrected chi connectivity index (χ3v) is 6.07. The highest BCUT2D eigenvalue weighted by atomic mass is 32.2. The second-order valence-corrected chi connectivity index (χ2v) is 7.94. The van der Waals surface area contributed by atoms with Crippen LogP contribution in [0.1, 0.15) is 29.6 Å². The predicted octanol–water partition coefficient (Wildman–Crippen LogP) is 1.13. The number of benzene rings is 1. The molecule has 0 aliphatic carbocycles. The molecule has 0 unspecified atom stereocenters. The maximum Gasteiger partial charge on any atom is 0.407 e. The molecule has 2 fully saturated rings. The number of carbonyl (C=O) groups excluding carboxylic acids is 2. The standard InChI is InChI=1S/C16H20N2O6S/c19-15(23-11-13-10-17-16(20)24-13)12-5-4-6-14(9-12)25(21,22)18-7-2-1-3-8-18/h4-6,9,13H,1-3,7-8,10-11H2,(H,17,20)/t13-/m0/s1. The normalized spacial score (nSPS) is 21.4. The molecule has 0 spiro atoms. The van der Waals surface area contributed by atoms with Crippen molar-refractivity contribution in [3.05, 3.63) is 29.8 Å². The molecule has 1 aromatic carbocycles. The second-order valence-electron chi connectivity index (χ2n) is 6.00. The summed E-state index contributed by atoms with van der Waals surface area (Å²) in [4.78, 5) is 23.2. The number of nitrogens with zero attached hydrogens (tertiary/aromatic N) is 1. The van der Waals surface area contributed by atoms with E-state index in [1.807, 2.05) is 0 Å². The van der Waals surface area contributed by atoms with Crippen molar-refractivity contribution in [2.45, 2.75) is 30.3 Å². The van der Waals surface area contributed by atoms with Crippen molar-refractivity contribution >= 4 is 22.1 Å². The summed E-state index contributed by atoms with van der Waals surface area (Å²) in [5, 5.41) is 2.46. The maximum atomic E-state index is 12.7. The van der Waals surface area contributed by atoms with Gasteiger partial charge in [-0.2, -0.15) is 4.31 Å². The monoisotopic (exact) mass is 368 g/mol. The Kier molecular flexibility index (Phi) is 5.24. The number of sulfonamides is 1. The smallest absolute Gasteiger partial charge is 0.407 e. The number of amides is 1. The summed E-state index contributed by atoms with van der Waals surface area (Å²) < 4.78 is 36.8. The molecule has 1 amide bonds. The van der Waals surface area contributed by atoms with Gasteiger partial charge in [-0.15, -0.1) is 0 Å². The Morgan fingerprint density at radius 3 is 2.72 bits per heavy atom. The number of rotatable bonds is 5. The molecular weight excluding hydrogens is 348 g/mol. The lowest BCUT2D eigenvalue weighted by molar-refractivity contribution is 0.0300. The van der Waals surface area contributed by atoms with Crippen LogP contribution in [-0.2, 0) is 19.5 Å². The van der Waals surface area contributed by atoms with Crippen molar-refractivity contribution in [1.82, 2.24) is 9.62 Å². The molecule has 0 bridgehead atoms. The summed E-state index contributed by atoms with van der Waals surface area (Å²) in [7, 11) is -3.61. The van der Waals surface area contributed by atoms with Crippen LogP contribution in [0.15, 0.2) is 29.2 Å². The van der Waals surface area contributed by atoms with Crippen LogP contribution in [-0.4, -0.2) is 57.1 Å². The lowest BCUT2D eigenvalue weighted by Gasteiger charge is -2.26. The second kappa shape index (κ2) is 7.40. The zero-order valence-corrected chi connectivity index (χ0v) is 14.5. The molecule has 2 heterocycles. The molecule has 2 saturated heterocycles. The van der Waals surface area contributed by atoms with Crippen LogP contribution >= 0.6 is 0 Å². The number of hydrogen-bond acceptors (Lipinski definition) is 6. The third-order valence-electron chi connectivity index (χ3n) is 4.17. The summed E-state index contributed by atoms with van der Waals surface area (Å²) in [6.45, 7) is 1.18. The average molecular weight is 368 g/mol. The number of piperidine rings is 1. The molecule has 136 valence electrons. The molecule has 1 N–H and O–H groups in total. The van der Waals surface area contributed by atoms with E-state index in [0.29, 0.717) is 13.1 Å². The fourth-order valence-electron chi connectivity index (χ4n) is 2.81. The first-order valence-corrected chi connectivity index (χ1v) is 9.62. The van der Waals surface area contributed by atoms with E-state index in [0.717, 1.165) is 19.3 Å².